The molecule has 0 spiro atoms. The van der Waals surface area contributed by atoms with E-state index in [0.29, 0.717) is 5.56 Å². The molecule has 7 heteroatoms. The number of aryl methyl sites for hydroxylation is 1. The van der Waals surface area contributed by atoms with Crippen LogP contribution in [0.1, 0.15) is 31.0 Å². The Bertz CT molecular complexity index is 737. The van der Waals surface area contributed by atoms with E-state index in [0.717, 1.165) is 17.8 Å². The van der Waals surface area contributed by atoms with Crippen molar-refractivity contribution in [2.45, 2.75) is 38.3 Å². The van der Waals surface area contributed by atoms with E-state index in [4.69, 9.17) is 5.14 Å². The van der Waals surface area contributed by atoms with Gasteiger partial charge in [-0.05, 0) is 38.5 Å². The lowest BCUT2D eigenvalue weighted by Crippen LogP contribution is -2.15. The maximum absolute atomic E-state index is 11.5. The summed E-state index contributed by atoms with van der Waals surface area (Å²) in [7, 11) is -3.71. The molecule has 114 valence electrons. The van der Waals surface area contributed by atoms with Gasteiger partial charge in [-0.3, -0.25) is 4.68 Å². The SMILES string of the molecule is CCn1cc(C(C)Nc2cccc(S(N)(=O)=O)c2C)cn1. The van der Waals surface area contributed by atoms with Crippen LogP contribution in [0.15, 0.2) is 35.5 Å². The maximum Gasteiger partial charge on any atom is 0.238 e. The van der Waals surface area contributed by atoms with Gasteiger partial charge in [-0.15, -0.1) is 0 Å². The minimum absolute atomic E-state index is 0.0136. The number of sulfonamides is 1. The molecule has 1 aromatic heterocycles. The summed E-state index contributed by atoms with van der Waals surface area (Å²) in [6, 6.07) is 5.04. The van der Waals surface area contributed by atoms with Gasteiger partial charge < -0.3 is 5.32 Å². The van der Waals surface area contributed by atoms with Gasteiger partial charge in [0.05, 0.1) is 17.1 Å². The Labute approximate surface area is 125 Å². The van der Waals surface area contributed by atoms with Crippen molar-refractivity contribution in [3.63, 3.8) is 0 Å². The fourth-order valence-electron chi connectivity index (χ4n) is 2.17. The summed E-state index contributed by atoms with van der Waals surface area (Å²) < 4.78 is 24.9. The first-order valence-electron chi connectivity index (χ1n) is 6.74. The fraction of sp³-hybridized carbons (Fsp3) is 0.357. The van der Waals surface area contributed by atoms with Crippen LogP contribution in [0.25, 0.3) is 0 Å². The van der Waals surface area contributed by atoms with Crippen molar-refractivity contribution >= 4 is 15.7 Å². The zero-order chi connectivity index (χ0) is 15.6. The highest BCUT2D eigenvalue weighted by atomic mass is 32.2. The molecule has 0 aliphatic carbocycles. The second-order valence-electron chi connectivity index (χ2n) is 4.97. The lowest BCUT2D eigenvalue weighted by atomic mass is 10.1. The van der Waals surface area contributed by atoms with Crippen molar-refractivity contribution in [3.8, 4) is 0 Å². The standard InChI is InChI=1S/C14H20N4O2S/c1-4-18-9-12(8-16-18)11(3)17-13-6-5-7-14(10(13)2)21(15,19)20/h5-9,11,17H,4H2,1-3H3,(H2,15,19,20). The Morgan fingerprint density at radius 1 is 1.43 bits per heavy atom. The fourth-order valence-corrected chi connectivity index (χ4v) is 2.98. The summed E-state index contributed by atoms with van der Waals surface area (Å²) in [4.78, 5) is 0.143. The average Bonchev–Trinajstić information content (AvgIpc) is 2.88. The van der Waals surface area contributed by atoms with Crippen LogP contribution in [-0.4, -0.2) is 18.2 Å². The number of benzene rings is 1. The van der Waals surface area contributed by atoms with Crippen molar-refractivity contribution in [1.29, 1.82) is 0 Å². The molecule has 0 aliphatic heterocycles. The van der Waals surface area contributed by atoms with Crippen LogP contribution in [0.5, 0.6) is 0 Å². The molecule has 1 heterocycles. The minimum atomic E-state index is -3.71. The molecule has 0 saturated carbocycles. The highest BCUT2D eigenvalue weighted by Gasteiger charge is 2.15. The first kappa shape index (κ1) is 15.5. The molecule has 0 fully saturated rings. The number of primary sulfonamides is 1. The Morgan fingerprint density at radius 3 is 2.71 bits per heavy atom. The number of anilines is 1. The number of hydrogen-bond donors (Lipinski definition) is 2. The van der Waals surface area contributed by atoms with E-state index < -0.39 is 10.0 Å². The molecule has 0 aliphatic rings. The number of hydrogen-bond acceptors (Lipinski definition) is 4. The van der Waals surface area contributed by atoms with Gasteiger partial charge in [-0.2, -0.15) is 5.10 Å². The van der Waals surface area contributed by atoms with E-state index in [-0.39, 0.29) is 10.9 Å². The Hall–Kier alpha value is -1.86. The number of aromatic nitrogens is 2. The molecule has 6 nitrogen and oxygen atoms in total. The minimum Gasteiger partial charge on any atom is -0.378 e. The van der Waals surface area contributed by atoms with E-state index in [1.807, 2.05) is 30.8 Å². The third kappa shape index (κ3) is 3.43. The van der Waals surface area contributed by atoms with Crippen molar-refractivity contribution in [3.05, 3.63) is 41.7 Å². The lowest BCUT2D eigenvalue weighted by Gasteiger charge is -2.17. The van der Waals surface area contributed by atoms with Crippen molar-refractivity contribution in [2.24, 2.45) is 5.14 Å². The predicted molar refractivity (Wildman–Crippen MR) is 82.5 cm³/mol. The molecule has 0 bridgehead atoms. The van der Waals surface area contributed by atoms with E-state index >= 15 is 0 Å². The zero-order valence-corrected chi connectivity index (χ0v) is 13.2. The Balaban J connectivity index is 2.27. The van der Waals surface area contributed by atoms with Gasteiger partial charge in [-0.25, -0.2) is 13.6 Å². The molecule has 21 heavy (non-hydrogen) atoms. The van der Waals surface area contributed by atoms with Gasteiger partial charge in [0.1, 0.15) is 0 Å². The largest absolute Gasteiger partial charge is 0.378 e. The summed E-state index contributed by atoms with van der Waals surface area (Å²) in [5.74, 6) is 0. The van der Waals surface area contributed by atoms with Crippen molar-refractivity contribution in [1.82, 2.24) is 9.78 Å². The van der Waals surface area contributed by atoms with E-state index in [1.165, 1.54) is 6.07 Å². The smallest absolute Gasteiger partial charge is 0.238 e. The van der Waals surface area contributed by atoms with Crippen LogP contribution in [0, 0.1) is 6.92 Å². The summed E-state index contributed by atoms with van der Waals surface area (Å²) in [6.45, 7) is 6.57. The highest BCUT2D eigenvalue weighted by molar-refractivity contribution is 7.89. The van der Waals surface area contributed by atoms with Gasteiger partial charge in [0.15, 0.2) is 0 Å². The quantitative estimate of drug-likeness (QED) is 0.884. The molecule has 2 aromatic rings. The molecule has 0 radical (unpaired) electrons. The topological polar surface area (TPSA) is 90.0 Å². The average molecular weight is 308 g/mol. The van der Waals surface area contributed by atoms with Gasteiger partial charge in [0, 0.05) is 24.0 Å². The summed E-state index contributed by atoms with van der Waals surface area (Å²) in [5, 5.41) is 12.8. The molecular formula is C14H20N4O2S. The molecule has 2 rings (SSSR count). The second kappa shape index (κ2) is 5.87. The summed E-state index contributed by atoms with van der Waals surface area (Å²) in [5.41, 5.74) is 2.41. The monoisotopic (exact) mass is 308 g/mol. The molecule has 1 aromatic carbocycles. The van der Waals surface area contributed by atoms with E-state index in [9.17, 15) is 8.42 Å². The molecule has 1 atom stereocenters. The summed E-state index contributed by atoms with van der Waals surface area (Å²) in [6.07, 6.45) is 3.77. The van der Waals surface area contributed by atoms with Gasteiger partial charge in [0.2, 0.25) is 10.0 Å². The van der Waals surface area contributed by atoms with Crippen molar-refractivity contribution in [2.75, 3.05) is 5.32 Å². The molecule has 0 amide bonds. The normalized spacial score (nSPS) is 13.1. The van der Waals surface area contributed by atoms with Crippen LogP contribution < -0.4 is 10.5 Å². The van der Waals surface area contributed by atoms with Crippen LogP contribution in [-0.2, 0) is 16.6 Å². The maximum atomic E-state index is 11.5. The Morgan fingerprint density at radius 2 is 2.14 bits per heavy atom. The second-order valence-corrected chi connectivity index (χ2v) is 6.50. The van der Waals surface area contributed by atoms with E-state index in [2.05, 4.69) is 10.4 Å². The van der Waals surface area contributed by atoms with Gasteiger partial charge >= 0.3 is 0 Å². The van der Waals surface area contributed by atoms with Crippen LogP contribution in [0.3, 0.4) is 0 Å². The van der Waals surface area contributed by atoms with Crippen molar-refractivity contribution < 1.29 is 8.42 Å². The number of nitrogens with zero attached hydrogens (tertiary/aromatic N) is 2. The predicted octanol–water partition coefficient (Wildman–Crippen LogP) is 2.03. The highest BCUT2D eigenvalue weighted by Crippen LogP contribution is 2.26. The molecule has 3 N–H and O–H groups in total. The first-order chi connectivity index (χ1) is 9.82. The number of rotatable bonds is 5. The zero-order valence-electron chi connectivity index (χ0n) is 12.4. The van der Waals surface area contributed by atoms with Crippen LogP contribution in [0.4, 0.5) is 5.69 Å². The molecule has 1 unspecified atom stereocenters. The molecule has 0 saturated heterocycles. The van der Waals surface area contributed by atoms with Crippen LogP contribution >= 0.6 is 0 Å². The van der Waals surface area contributed by atoms with Gasteiger partial charge in [-0.1, -0.05) is 6.07 Å². The van der Waals surface area contributed by atoms with E-state index in [1.54, 1.807) is 19.2 Å². The number of nitrogens with one attached hydrogen (secondary N) is 1. The van der Waals surface area contributed by atoms with Gasteiger partial charge in [0.25, 0.3) is 0 Å². The molecular weight excluding hydrogens is 288 g/mol. The third-order valence-corrected chi connectivity index (χ3v) is 4.50. The lowest BCUT2D eigenvalue weighted by molar-refractivity contribution is 0.597. The summed E-state index contributed by atoms with van der Waals surface area (Å²) >= 11 is 0. The Kier molecular flexibility index (Phi) is 4.34. The van der Waals surface area contributed by atoms with Crippen LogP contribution in [0.2, 0.25) is 0 Å². The number of nitrogens with two attached hydrogens (primary N) is 1. The first-order valence-corrected chi connectivity index (χ1v) is 8.29. The third-order valence-electron chi connectivity index (χ3n) is 3.44.